The molecule has 0 aromatic carbocycles. The van der Waals surface area contributed by atoms with Gasteiger partial charge in [-0.1, -0.05) is 0 Å². The van der Waals surface area contributed by atoms with Crippen LogP contribution in [0.25, 0.3) is 0 Å². The van der Waals surface area contributed by atoms with E-state index in [-0.39, 0.29) is 0 Å². The van der Waals surface area contributed by atoms with Crippen molar-refractivity contribution in [2.45, 2.75) is 31.8 Å². The number of nitrogens with one attached hydrogen (secondary N) is 1. The van der Waals surface area contributed by atoms with Crippen molar-refractivity contribution in [2.75, 3.05) is 40.8 Å². The third-order valence-corrected chi connectivity index (χ3v) is 3.36. The van der Waals surface area contributed by atoms with Gasteiger partial charge in [0.2, 0.25) is 0 Å². The number of rotatable bonds is 5. The summed E-state index contributed by atoms with van der Waals surface area (Å²) in [6.07, 6.45) is 2.59. The summed E-state index contributed by atoms with van der Waals surface area (Å²) in [5.74, 6) is 0. The van der Waals surface area contributed by atoms with Crippen LogP contribution < -0.4 is 5.32 Å². The summed E-state index contributed by atoms with van der Waals surface area (Å²) in [5, 5.41) is 3.22. The van der Waals surface area contributed by atoms with Crippen LogP contribution in [0.1, 0.15) is 19.8 Å². The standard InChI is InChI=1S/C11H25N3/c1-10(5-7-12-2)14-8-6-11(9-14)13(3)4/h10-12H,5-9H2,1-4H3. The lowest BCUT2D eigenvalue weighted by atomic mass is 10.2. The van der Waals surface area contributed by atoms with E-state index in [1.54, 1.807) is 0 Å². The lowest BCUT2D eigenvalue weighted by Crippen LogP contribution is -2.36. The summed E-state index contributed by atoms with van der Waals surface area (Å²) in [7, 11) is 6.40. The Morgan fingerprint density at radius 2 is 2.21 bits per heavy atom. The molecule has 0 aromatic rings. The second-order valence-electron chi connectivity index (χ2n) is 4.64. The molecule has 1 N–H and O–H groups in total. The largest absolute Gasteiger partial charge is 0.320 e. The van der Waals surface area contributed by atoms with Crippen LogP contribution in [-0.2, 0) is 0 Å². The first-order chi connectivity index (χ1) is 6.65. The average molecular weight is 199 g/mol. The maximum Gasteiger partial charge on any atom is 0.0229 e. The quantitative estimate of drug-likeness (QED) is 0.700. The molecule has 0 amide bonds. The fraction of sp³-hybridized carbons (Fsp3) is 1.00. The van der Waals surface area contributed by atoms with Crippen LogP contribution in [0.3, 0.4) is 0 Å². The predicted octanol–water partition coefficient (Wildman–Crippen LogP) is 0.620. The van der Waals surface area contributed by atoms with Crippen molar-refractivity contribution in [3.05, 3.63) is 0 Å². The highest BCUT2D eigenvalue weighted by Gasteiger charge is 2.26. The molecule has 0 aromatic heterocycles. The van der Waals surface area contributed by atoms with Crippen LogP contribution in [0.15, 0.2) is 0 Å². The Labute approximate surface area is 88.5 Å². The van der Waals surface area contributed by atoms with Crippen molar-refractivity contribution in [2.24, 2.45) is 0 Å². The van der Waals surface area contributed by atoms with Gasteiger partial charge in [0.25, 0.3) is 0 Å². The molecule has 3 heteroatoms. The van der Waals surface area contributed by atoms with Crippen LogP contribution in [0, 0.1) is 0 Å². The smallest absolute Gasteiger partial charge is 0.0229 e. The van der Waals surface area contributed by atoms with E-state index in [1.165, 1.54) is 25.9 Å². The van der Waals surface area contributed by atoms with Gasteiger partial charge in [0, 0.05) is 25.2 Å². The number of nitrogens with zero attached hydrogens (tertiary/aromatic N) is 2. The number of hydrogen-bond donors (Lipinski definition) is 1. The van der Waals surface area contributed by atoms with Gasteiger partial charge in [0.1, 0.15) is 0 Å². The molecule has 0 spiro atoms. The van der Waals surface area contributed by atoms with Gasteiger partial charge < -0.3 is 10.2 Å². The average Bonchev–Trinajstić information content (AvgIpc) is 2.62. The Morgan fingerprint density at radius 3 is 2.71 bits per heavy atom. The third kappa shape index (κ3) is 3.23. The molecule has 1 fully saturated rings. The fourth-order valence-corrected chi connectivity index (χ4v) is 2.13. The fourth-order valence-electron chi connectivity index (χ4n) is 2.13. The minimum atomic E-state index is 0.729. The van der Waals surface area contributed by atoms with Gasteiger partial charge in [-0.25, -0.2) is 0 Å². The molecule has 0 saturated carbocycles. The van der Waals surface area contributed by atoms with E-state index in [9.17, 15) is 0 Å². The SMILES string of the molecule is CNCCC(C)N1CCC(N(C)C)C1. The summed E-state index contributed by atoms with van der Waals surface area (Å²) in [5.41, 5.74) is 0. The third-order valence-electron chi connectivity index (χ3n) is 3.36. The minimum Gasteiger partial charge on any atom is -0.320 e. The van der Waals surface area contributed by atoms with Crippen molar-refractivity contribution >= 4 is 0 Å². The number of hydrogen-bond acceptors (Lipinski definition) is 3. The number of likely N-dealkylation sites (tertiary alicyclic amines) is 1. The molecule has 0 aliphatic carbocycles. The van der Waals surface area contributed by atoms with Crippen molar-refractivity contribution in [1.29, 1.82) is 0 Å². The van der Waals surface area contributed by atoms with Crippen LogP contribution in [0.5, 0.6) is 0 Å². The molecule has 2 unspecified atom stereocenters. The Hall–Kier alpha value is -0.120. The first-order valence-electron chi connectivity index (χ1n) is 5.70. The maximum atomic E-state index is 3.22. The molecule has 1 saturated heterocycles. The van der Waals surface area contributed by atoms with E-state index in [0.717, 1.165) is 18.6 Å². The van der Waals surface area contributed by atoms with Gasteiger partial charge in [0.15, 0.2) is 0 Å². The van der Waals surface area contributed by atoms with Gasteiger partial charge >= 0.3 is 0 Å². The first-order valence-corrected chi connectivity index (χ1v) is 5.70. The highest BCUT2D eigenvalue weighted by Crippen LogP contribution is 2.16. The van der Waals surface area contributed by atoms with Gasteiger partial charge in [-0.15, -0.1) is 0 Å². The van der Waals surface area contributed by atoms with E-state index >= 15 is 0 Å². The molecule has 0 radical (unpaired) electrons. The van der Waals surface area contributed by atoms with Gasteiger partial charge in [0.05, 0.1) is 0 Å². The van der Waals surface area contributed by atoms with E-state index in [1.807, 2.05) is 7.05 Å². The lowest BCUT2D eigenvalue weighted by molar-refractivity contribution is 0.218. The molecule has 14 heavy (non-hydrogen) atoms. The Balaban J connectivity index is 2.26. The van der Waals surface area contributed by atoms with Crippen molar-refractivity contribution in [3.8, 4) is 0 Å². The van der Waals surface area contributed by atoms with Gasteiger partial charge in [-0.2, -0.15) is 0 Å². The monoisotopic (exact) mass is 199 g/mol. The highest BCUT2D eigenvalue weighted by atomic mass is 15.2. The normalized spacial score (nSPS) is 25.9. The first kappa shape index (κ1) is 12.0. The summed E-state index contributed by atoms with van der Waals surface area (Å²) >= 11 is 0. The van der Waals surface area contributed by atoms with E-state index in [2.05, 4.69) is 36.1 Å². The summed E-state index contributed by atoms with van der Waals surface area (Å²) in [6.45, 7) is 5.99. The molecule has 1 aliphatic rings. The Kier molecular flexibility index (Phi) is 4.85. The van der Waals surface area contributed by atoms with Crippen molar-refractivity contribution in [1.82, 2.24) is 15.1 Å². The lowest BCUT2D eigenvalue weighted by Gasteiger charge is -2.25. The molecular weight excluding hydrogens is 174 g/mol. The van der Waals surface area contributed by atoms with Crippen LogP contribution >= 0.6 is 0 Å². The minimum absolute atomic E-state index is 0.729. The Morgan fingerprint density at radius 1 is 1.50 bits per heavy atom. The molecule has 1 aliphatic heterocycles. The van der Waals surface area contributed by atoms with E-state index in [0.29, 0.717) is 0 Å². The van der Waals surface area contributed by atoms with Gasteiger partial charge in [-0.3, -0.25) is 4.90 Å². The maximum absolute atomic E-state index is 3.22. The summed E-state index contributed by atoms with van der Waals surface area (Å²) < 4.78 is 0. The molecule has 0 bridgehead atoms. The molecule has 1 rings (SSSR count). The summed E-state index contributed by atoms with van der Waals surface area (Å²) in [6, 6.07) is 1.50. The molecule has 3 nitrogen and oxygen atoms in total. The zero-order valence-corrected chi connectivity index (χ0v) is 10.1. The van der Waals surface area contributed by atoms with Crippen LogP contribution in [0.4, 0.5) is 0 Å². The van der Waals surface area contributed by atoms with Crippen LogP contribution in [-0.4, -0.2) is 62.7 Å². The van der Waals surface area contributed by atoms with E-state index < -0.39 is 0 Å². The Bertz CT molecular complexity index is 159. The molecule has 1 heterocycles. The van der Waals surface area contributed by atoms with Crippen molar-refractivity contribution in [3.63, 3.8) is 0 Å². The van der Waals surface area contributed by atoms with Crippen molar-refractivity contribution < 1.29 is 0 Å². The zero-order valence-electron chi connectivity index (χ0n) is 10.1. The topological polar surface area (TPSA) is 18.5 Å². The molecule has 84 valence electrons. The highest BCUT2D eigenvalue weighted by molar-refractivity contribution is 4.83. The second-order valence-corrected chi connectivity index (χ2v) is 4.64. The molecular formula is C11H25N3. The van der Waals surface area contributed by atoms with Crippen LogP contribution in [0.2, 0.25) is 0 Å². The summed E-state index contributed by atoms with van der Waals surface area (Å²) in [4.78, 5) is 4.97. The second kappa shape index (κ2) is 5.69. The number of likely N-dealkylation sites (N-methyl/N-ethyl adjacent to an activating group) is 1. The zero-order chi connectivity index (χ0) is 10.6. The van der Waals surface area contributed by atoms with Gasteiger partial charge in [-0.05, 0) is 47.5 Å². The van der Waals surface area contributed by atoms with E-state index in [4.69, 9.17) is 0 Å². The molecule has 2 atom stereocenters. The predicted molar refractivity (Wildman–Crippen MR) is 61.7 cm³/mol.